The summed E-state index contributed by atoms with van der Waals surface area (Å²) in [6.07, 6.45) is 2.34. The number of hydrogen-bond acceptors (Lipinski definition) is 5. The second-order valence-corrected chi connectivity index (χ2v) is 7.00. The smallest absolute Gasteiger partial charge is 0.243 e. The van der Waals surface area contributed by atoms with Gasteiger partial charge in [0.1, 0.15) is 5.82 Å². The number of rotatable bonds is 9. The van der Waals surface area contributed by atoms with Crippen molar-refractivity contribution in [3.05, 3.63) is 18.3 Å². The summed E-state index contributed by atoms with van der Waals surface area (Å²) < 4.78 is 26.8. The maximum atomic E-state index is 12.7. The number of aromatic nitrogens is 1. The predicted molar refractivity (Wildman–Crippen MR) is 86.0 cm³/mol. The fraction of sp³-hybridized carbons (Fsp3) is 0.643. The molecule has 0 aromatic carbocycles. The molecule has 1 aromatic rings. The minimum atomic E-state index is -3.46. The first-order valence-corrected chi connectivity index (χ1v) is 8.70. The average molecular weight is 314 g/mol. The standard InChI is InChI=1S/C14H26N4O2S/c1-5-15-14-12-13(8-9-16-14)21(19,20)18(6-2)11-7-10-17(3)4/h8-9,12H,5-7,10-11H2,1-4H3,(H,15,16). The number of sulfonamides is 1. The van der Waals surface area contributed by atoms with Gasteiger partial charge in [0.05, 0.1) is 4.90 Å². The Hall–Kier alpha value is -1.18. The van der Waals surface area contributed by atoms with Crippen LogP contribution in [0.15, 0.2) is 23.2 Å². The van der Waals surface area contributed by atoms with Crippen LogP contribution in [0.2, 0.25) is 0 Å². The zero-order valence-corrected chi connectivity index (χ0v) is 14.2. The summed E-state index contributed by atoms with van der Waals surface area (Å²) in [5.41, 5.74) is 0. The molecular formula is C14H26N4O2S. The van der Waals surface area contributed by atoms with Crippen LogP contribution in [-0.2, 0) is 10.0 Å². The van der Waals surface area contributed by atoms with Gasteiger partial charge in [-0.25, -0.2) is 13.4 Å². The van der Waals surface area contributed by atoms with E-state index in [2.05, 4.69) is 15.2 Å². The normalized spacial score (nSPS) is 12.1. The highest BCUT2D eigenvalue weighted by Gasteiger charge is 2.23. The summed E-state index contributed by atoms with van der Waals surface area (Å²) in [7, 11) is 0.510. The van der Waals surface area contributed by atoms with Gasteiger partial charge < -0.3 is 10.2 Å². The van der Waals surface area contributed by atoms with Crippen LogP contribution in [0.4, 0.5) is 5.82 Å². The van der Waals surface area contributed by atoms with Crippen LogP contribution < -0.4 is 5.32 Å². The van der Waals surface area contributed by atoms with Crippen LogP contribution in [0.1, 0.15) is 20.3 Å². The lowest BCUT2D eigenvalue weighted by atomic mass is 10.4. The van der Waals surface area contributed by atoms with Crippen molar-refractivity contribution in [2.24, 2.45) is 0 Å². The third kappa shape index (κ3) is 5.26. The molecule has 0 aliphatic carbocycles. The monoisotopic (exact) mass is 314 g/mol. The van der Waals surface area contributed by atoms with Crippen molar-refractivity contribution in [2.75, 3.05) is 45.6 Å². The summed E-state index contributed by atoms with van der Waals surface area (Å²) in [5, 5.41) is 3.03. The minimum Gasteiger partial charge on any atom is -0.370 e. The van der Waals surface area contributed by atoms with Gasteiger partial charge in [-0.15, -0.1) is 0 Å². The molecule has 0 bridgehead atoms. The Morgan fingerprint density at radius 1 is 1.24 bits per heavy atom. The van der Waals surface area contributed by atoms with Crippen molar-refractivity contribution in [3.63, 3.8) is 0 Å². The Bertz CT molecular complexity index is 532. The van der Waals surface area contributed by atoms with Gasteiger partial charge in [0.15, 0.2) is 0 Å². The Labute approximate surface area is 128 Å². The first-order chi connectivity index (χ1) is 9.91. The molecule has 1 N–H and O–H groups in total. The molecule has 0 aliphatic rings. The maximum absolute atomic E-state index is 12.7. The van der Waals surface area contributed by atoms with Gasteiger partial charge in [0.25, 0.3) is 0 Å². The Kier molecular flexibility index (Phi) is 7.07. The van der Waals surface area contributed by atoms with Crippen LogP contribution >= 0.6 is 0 Å². The Morgan fingerprint density at radius 2 is 1.95 bits per heavy atom. The van der Waals surface area contributed by atoms with Gasteiger partial charge in [-0.05, 0) is 40.1 Å². The largest absolute Gasteiger partial charge is 0.370 e. The highest BCUT2D eigenvalue weighted by atomic mass is 32.2. The summed E-state index contributed by atoms with van der Waals surface area (Å²) >= 11 is 0. The van der Waals surface area contributed by atoms with Crippen LogP contribution in [0.5, 0.6) is 0 Å². The second kappa shape index (κ2) is 8.31. The lowest BCUT2D eigenvalue weighted by Gasteiger charge is -2.21. The SMILES string of the molecule is CCNc1cc(S(=O)(=O)N(CC)CCCN(C)C)ccn1. The predicted octanol–water partition coefficient (Wildman–Crippen LogP) is 1.48. The van der Waals surface area contributed by atoms with Crippen molar-refractivity contribution in [1.29, 1.82) is 0 Å². The summed E-state index contributed by atoms with van der Waals surface area (Å²) in [5.74, 6) is 0.586. The van der Waals surface area contributed by atoms with Gasteiger partial charge in [0.2, 0.25) is 10.0 Å². The molecule has 0 saturated carbocycles. The molecule has 1 rings (SSSR count). The highest BCUT2D eigenvalue weighted by molar-refractivity contribution is 7.89. The molecule has 1 heterocycles. The van der Waals surface area contributed by atoms with E-state index >= 15 is 0 Å². The van der Waals surface area contributed by atoms with E-state index in [4.69, 9.17) is 0 Å². The van der Waals surface area contributed by atoms with Crippen molar-refractivity contribution < 1.29 is 8.42 Å². The number of nitrogens with one attached hydrogen (secondary N) is 1. The molecule has 0 atom stereocenters. The first-order valence-electron chi connectivity index (χ1n) is 7.26. The van der Waals surface area contributed by atoms with E-state index in [1.54, 1.807) is 12.1 Å². The molecule has 0 radical (unpaired) electrons. The van der Waals surface area contributed by atoms with Gasteiger partial charge in [-0.2, -0.15) is 4.31 Å². The van der Waals surface area contributed by atoms with Crippen molar-refractivity contribution in [2.45, 2.75) is 25.2 Å². The molecule has 0 saturated heterocycles. The number of nitrogens with zero attached hydrogens (tertiary/aromatic N) is 3. The highest BCUT2D eigenvalue weighted by Crippen LogP contribution is 2.18. The first kappa shape index (κ1) is 17.9. The van der Waals surface area contributed by atoms with E-state index < -0.39 is 10.0 Å². The quantitative estimate of drug-likeness (QED) is 0.748. The van der Waals surface area contributed by atoms with Crippen molar-refractivity contribution >= 4 is 15.8 Å². The number of hydrogen-bond donors (Lipinski definition) is 1. The molecule has 0 spiro atoms. The van der Waals surface area contributed by atoms with E-state index in [1.807, 2.05) is 27.9 Å². The molecule has 0 fully saturated rings. The van der Waals surface area contributed by atoms with E-state index in [-0.39, 0.29) is 0 Å². The van der Waals surface area contributed by atoms with E-state index in [0.717, 1.165) is 13.0 Å². The Morgan fingerprint density at radius 3 is 2.52 bits per heavy atom. The topological polar surface area (TPSA) is 65.5 Å². The van der Waals surface area contributed by atoms with Gasteiger partial charge in [0, 0.05) is 31.9 Å². The zero-order valence-electron chi connectivity index (χ0n) is 13.3. The molecule has 7 heteroatoms. The molecule has 120 valence electrons. The van der Waals surface area contributed by atoms with Crippen LogP contribution in [0.3, 0.4) is 0 Å². The number of anilines is 1. The van der Waals surface area contributed by atoms with Gasteiger partial charge >= 0.3 is 0 Å². The third-order valence-electron chi connectivity index (χ3n) is 3.09. The average Bonchev–Trinajstić information content (AvgIpc) is 2.44. The molecular weight excluding hydrogens is 288 g/mol. The lowest BCUT2D eigenvalue weighted by Crippen LogP contribution is -2.33. The molecule has 6 nitrogen and oxygen atoms in total. The van der Waals surface area contributed by atoms with Crippen molar-refractivity contribution in [1.82, 2.24) is 14.2 Å². The fourth-order valence-corrected chi connectivity index (χ4v) is 3.51. The maximum Gasteiger partial charge on any atom is 0.243 e. The van der Waals surface area contributed by atoms with Gasteiger partial charge in [-0.1, -0.05) is 6.92 Å². The number of pyridine rings is 1. The van der Waals surface area contributed by atoms with Crippen LogP contribution in [0.25, 0.3) is 0 Å². The Balaban J connectivity index is 2.88. The van der Waals surface area contributed by atoms with Crippen molar-refractivity contribution in [3.8, 4) is 0 Å². The second-order valence-electron chi connectivity index (χ2n) is 5.06. The lowest BCUT2D eigenvalue weighted by molar-refractivity contribution is 0.356. The molecule has 1 aromatic heterocycles. The van der Waals surface area contributed by atoms with E-state index in [0.29, 0.717) is 30.3 Å². The van der Waals surface area contributed by atoms with E-state index in [9.17, 15) is 8.42 Å². The summed E-state index contributed by atoms with van der Waals surface area (Å²) in [6.45, 7) is 6.37. The van der Waals surface area contributed by atoms with Gasteiger partial charge in [-0.3, -0.25) is 0 Å². The third-order valence-corrected chi connectivity index (χ3v) is 5.06. The summed E-state index contributed by atoms with van der Waals surface area (Å²) in [4.78, 5) is 6.46. The van der Waals surface area contributed by atoms with Crippen LogP contribution in [-0.4, -0.2) is 62.9 Å². The van der Waals surface area contributed by atoms with E-state index in [1.165, 1.54) is 10.5 Å². The van der Waals surface area contributed by atoms with Crippen LogP contribution in [0, 0.1) is 0 Å². The minimum absolute atomic E-state index is 0.292. The molecule has 0 amide bonds. The molecule has 21 heavy (non-hydrogen) atoms. The zero-order chi connectivity index (χ0) is 15.9. The summed E-state index contributed by atoms with van der Waals surface area (Å²) in [6, 6.07) is 3.14. The molecule has 0 aliphatic heterocycles. The molecule has 0 unspecified atom stereocenters. The fourth-order valence-electron chi connectivity index (χ4n) is 2.01.